The fraction of sp³-hybridized carbons (Fsp3) is 1.00. The van der Waals surface area contributed by atoms with Crippen LogP contribution in [0, 0.1) is 23.7 Å². The predicted molar refractivity (Wildman–Crippen MR) is 84.9 cm³/mol. The second-order valence-electron chi connectivity index (χ2n) is 5.97. The fourth-order valence-electron chi connectivity index (χ4n) is 3.23. The Bertz CT molecular complexity index is 259. The van der Waals surface area contributed by atoms with Gasteiger partial charge in [0.25, 0.3) is 0 Å². The van der Waals surface area contributed by atoms with Crippen LogP contribution in [0.5, 0.6) is 0 Å². The molecule has 0 saturated heterocycles. The van der Waals surface area contributed by atoms with Crippen molar-refractivity contribution in [2.75, 3.05) is 11.5 Å². The molecule has 1 aliphatic rings. The van der Waals surface area contributed by atoms with E-state index >= 15 is 0 Å². The monoisotopic (exact) mass is 308 g/mol. The first kappa shape index (κ1) is 17.6. The third-order valence-corrected chi connectivity index (χ3v) is 5.68. The second-order valence-corrected chi connectivity index (χ2v) is 6.70. The molecule has 0 heterocycles. The average molecular weight is 309 g/mol. The van der Waals surface area contributed by atoms with Gasteiger partial charge in [-0.1, -0.05) is 20.3 Å². The van der Waals surface area contributed by atoms with Crippen molar-refractivity contribution in [1.29, 1.82) is 0 Å². The predicted octanol–water partition coefficient (Wildman–Crippen LogP) is 1.62. The molecule has 114 valence electrons. The zero-order valence-electron chi connectivity index (χ0n) is 11.8. The van der Waals surface area contributed by atoms with Crippen LogP contribution in [0.25, 0.3) is 0 Å². The molecule has 0 spiro atoms. The number of thiol groups is 2. The van der Waals surface area contributed by atoms with E-state index in [-0.39, 0.29) is 11.8 Å². The number of hydrogen-bond acceptors (Lipinski definition) is 5. The van der Waals surface area contributed by atoms with Crippen molar-refractivity contribution < 1.29 is 15.3 Å². The largest absolute Gasteiger partial charge is 0.390 e. The van der Waals surface area contributed by atoms with Crippen LogP contribution in [0.15, 0.2) is 0 Å². The number of hydrogen-bond donors (Lipinski definition) is 5. The van der Waals surface area contributed by atoms with Crippen LogP contribution in [0.4, 0.5) is 0 Å². The van der Waals surface area contributed by atoms with Crippen molar-refractivity contribution in [3.05, 3.63) is 0 Å². The van der Waals surface area contributed by atoms with E-state index in [0.29, 0.717) is 17.6 Å². The van der Waals surface area contributed by atoms with E-state index in [1.807, 2.05) is 0 Å². The van der Waals surface area contributed by atoms with Gasteiger partial charge in [0.15, 0.2) is 0 Å². The molecular formula is C14H28O3S2. The molecule has 19 heavy (non-hydrogen) atoms. The Balaban J connectivity index is 2.66. The highest BCUT2D eigenvalue weighted by atomic mass is 32.1. The normalized spacial score (nSPS) is 39.0. The lowest BCUT2D eigenvalue weighted by Gasteiger charge is -2.41. The molecule has 0 aromatic rings. The Hall–Kier alpha value is 0.580. The standard InChI is InChI=1S/C14H28O3S2/c1-3-9(6-18)8(2)4-10-5-11(7-19)13(16)14(17)12(10)15/h8-19H,3-7H2,1-2H3. The summed E-state index contributed by atoms with van der Waals surface area (Å²) in [5, 5.41) is 30.0. The molecule has 0 radical (unpaired) electrons. The molecule has 1 rings (SSSR count). The number of aliphatic hydroxyl groups is 3. The van der Waals surface area contributed by atoms with Crippen LogP contribution >= 0.6 is 25.3 Å². The molecule has 3 nitrogen and oxygen atoms in total. The topological polar surface area (TPSA) is 60.7 Å². The van der Waals surface area contributed by atoms with Gasteiger partial charge in [-0.2, -0.15) is 25.3 Å². The molecule has 7 unspecified atom stereocenters. The Morgan fingerprint density at radius 1 is 1.05 bits per heavy atom. The van der Waals surface area contributed by atoms with Crippen LogP contribution < -0.4 is 0 Å². The molecule has 1 fully saturated rings. The molecule has 0 aromatic carbocycles. The Labute approximate surface area is 127 Å². The van der Waals surface area contributed by atoms with Gasteiger partial charge < -0.3 is 15.3 Å². The summed E-state index contributed by atoms with van der Waals surface area (Å²) in [7, 11) is 0. The van der Waals surface area contributed by atoms with E-state index in [9.17, 15) is 15.3 Å². The van der Waals surface area contributed by atoms with Crippen LogP contribution in [-0.2, 0) is 0 Å². The number of rotatable bonds is 6. The fourth-order valence-corrected chi connectivity index (χ4v) is 4.21. The van der Waals surface area contributed by atoms with Crippen molar-refractivity contribution in [3.8, 4) is 0 Å². The van der Waals surface area contributed by atoms with E-state index in [0.717, 1.165) is 25.0 Å². The van der Waals surface area contributed by atoms with Gasteiger partial charge in [-0.25, -0.2) is 0 Å². The Kier molecular flexibility index (Phi) is 7.54. The molecule has 7 atom stereocenters. The average Bonchev–Trinajstić information content (AvgIpc) is 2.40. The van der Waals surface area contributed by atoms with Gasteiger partial charge in [0.2, 0.25) is 0 Å². The summed E-state index contributed by atoms with van der Waals surface area (Å²) in [4.78, 5) is 0. The van der Waals surface area contributed by atoms with Gasteiger partial charge >= 0.3 is 0 Å². The highest BCUT2D eigenvalue weighted by Gasteiger charge is 2.42. The molecule has 0 aromatic heterocycles. The molecule has 0 amide bonds. The van der Waals surface area contributed by atoms with Gasteiger partial charge in [-0.05, 0) is 48.0 Å². The molecule has 0 aliphatic heterocycles. The third-order valence-electron chi connectivity index (χ3n) is 4.74. The lowest BCUT2D eigenvalue weighted by Crippen LogP contribution is -2.52. The summed E-state index contributed by atoms with van der Waals surface area (Å²) in [5.41, 5.74) is 0. The van der Waals surface area contributed by atoms with E-state index in [4.69, 9.17) is 0 Å². The summed E-state index contributed by atoms with van der Waals surface area (Å²) in [6.07, 6.45) is -0.0461. The van der Waals surface area contributed by atoms with Crippen molar-refractivity contribution in [3.63, 3.8) is 0 Å². The zero-order chi connectivity index (χ0) is 14.6. The van der Waals surface area contributed by atoms with Crippen LogP contribution in [0.3, 0.4) is 0 Å². The smallest absolute Gasteiger partial charge is 0.106 e. The first-order valence-corrected chi connectivity index (χ1v) is 8.48. The van der Waals surface area contributed by atoms with Crippen LogP contribution in [0.1, 0.15) is 33.1 Å². The lowest BCUT2D eigenvalue weighted by atomic mass is 9.71. The van der Waals surface area contributed by atoms with E-state index in [1.165, 1.54) is 0 Å². The van der Waals surface area contributed by atoms with Crippen molar-refractivity contribution in [2.24, 2.45) is 23.7 Å². The minimum atomic E-state index is -1.04. The van der Waals surface area contributed by atoms with Gasteiger partial charge in [0, 0.05) is 0 Å². The highest BCUT2D eigenvalue weighted by molar-refractivity contribution is 7.80. The minimum absolute atomic E-state index is 0.0324. The molecule has 1 aliphatic carbocycles. The maximum absolute atomic E-state index is 10.1. The minimum Gasteiger partial charge on any atom is -0.390 e. The van der Waals surface area contributed by atoms with Crippen LogP contribution in [0.2, 0.25) is 0 Å². The van der Waals surface area contributed by atoms with Crippen molar-refractivity contribution >= 4 is 25.3 Å². The van der Waals surface area contributed by atoms with Gasteiger partial charge in [0.05, 0.1) is 12.2 Å². The third kappa shape index (κ3) is 4.27. The first-order valence-electron chi connectivity index (χ1n) is 7.22. The van der Waals surface area contributed by atoms with E-state index < -0.39 is 18.3 Å². The maximum atomic E-state index is 10.1. The van der Waals surface area contributed by atoms with Gasteiger partial charge in [0.1, 0.15) is 6.10 Å². The molecule has 5 heteroatoms. The van der Waals surface area contributed by atoms with Gasteiger partial charge in [-0.15, -0.1) is 0 Å². The molecule has 3 N–H and O–H groups in total. The second kappa shape index (κ2) is 8.13. The summed E-state index contributed by atoms with van der Waals surface area (Å²) < 4.78 is 0. The summed E-state index contributed by atoms with van der Waals surface area (Å²) in [6.45, 7) is 4.34. The summed E-state index contributed by atoms with van der Waals surface area (Å²) in [5.74, 6) is 2.40. The Morgan fingerprint density at radius 2 is 1.63 bits per heavy atom. The SMILES string of the molecule is CCC(CS)C(C)CC1CC(CS)C(O)C(O)C1O. The molecule has 1 saturated carbocycles. The first-order chi connectivity index (χ1) is 8.96. The van der Waals surface area contributed by atoms with Crippen molar-refractivity contribution in [1.82, 2.24) is 0 Å². The highest BCUT2D eigenvalue weighted by Crippen LogP contribution is 2.36. The van der Waals surface area contributed by atoms with E-state index in [1.54, 1.807) is 0 Å². The molecule has 0 bridgehead atoms. The van der Waals surface area contributed by atoms with Gasteiger partial charge in [-0.3, -0.25) is 0 Å². The van der Waals surface area contributed by atoms with Crippen molar-refractivity contribution in [2.45, 2.75) is 51.4 Å². The maximum Gasteiger partial charge on any atom is 0.106 e. The van der Waals surface area contributed by atoms with Crippen LogP contribution in [-0.4, -0.2) is 45.1 Å². The molecular weight excluding hydrogens is 280 g/mol. The summed E-state index contributed by atoms with van der Waals surface area (Å²) >= 11 is 8.62. The van der Waals surface area contributed by atoms with E-state index in [2.05, 4.69) is 39.1 Å². The lowest BCUT2D eigenvalue weighted by molar-refractivity contribution is -0.134. The Morgan fingerprint density at radius 3 is 2.11 bits per heavy atom. The quantitative estimate of drug-likeness (QED) is 0.485. The zero-order valence-corrected chi connectivity index (χ0v) is 13.6. The number of aliphatic hydroxyl groups excluding tert-OH is 3. The summed E-state index contributed by atoms with van der Waals surface area (Å²) in [6, 6.07) is 0.